The van der Waals surface area contributed by atoms with Crippen molar-refractivity contribution in [3.63, 3.8) is 0 Å². The van der Waals surface area contributed by atoms with Gasteiger partial charge in [-0.15, -0.1) is 11.3 Å². The van der Waals surface area contributed by atoms with Crippen LogP contribution in [0.25, 0.3) is 21.6 Å². The normalized spacial score (nSPS) is 12.2. The number of thiophene rings is 1. The fourth-order valence-corrected chi connectivity index (χ4v) is 2.62. The average molecular weight is 268 g/mol. The Balaban J connectivity index is 2.38. The Bertz CT molecular complexity index is 680. The molecule has 3 rings (SSSR count). The van der Waals surface area contributed by atoms with Crippen LogP contribution in [0.1, 0.15) is 5.56 Å². The number of furan rings is 1. The Morgan fingerprint density at radius 1 is 1.00 bits per heavy atom. The fourth-order valence-electron chi connectivity index (χ4n) is 1.91. The van der Waals surface area contributed by atoms with E-state index >= 15 is 0 Å². The summed E-state index contributed by atoms with van der Waals surface area (Å²) in [5.74, 6) is -0.0984. The maximum absolute atomic E-state index is 13.1. The van der Waals surface area contributed by atoms with E-state index in [2.05, 4.69) is 0 Å². The minimum atomic E-state index is -4.42. The first-order chi connectivity index (χ1) is 8.57. The SMILES string of the molecule is FC(F)(F)c1c(-c2cccs2)oc2ccccc12. The van der Waals surface area contributed by atoms with Crippen LogP contribution in [0.15, 0.2) is 46.2 Å². The second kappa shape index (κ2) is 3.88. The van der Waals surface area contributed by atoms with E-state index in [-0.39, 0.29) is 16.7 Å². The zero-order valence-corrected chi connectivity index (χ0v) is 9.81. The van der Waals surface area contributed by atoms with Crippen molar-refractivity contribution in [2.45, 2.75) is 6.18 Å². The second-order valence-corrected chi connectivity index (χ2v) is 4.73. The van der Waals surface area contributed by atoms with E-state index in [0.29, 0.717) is 4.88 Å². The third kappa shape index (κ3) is 1.71. The van der Waals surface area contributed by atoms with E-state index in [9.17, 15) is 13.2 Å². The maximum atomic E-state index is 13.1. The number of benzene rings is 1. The van der Waals surface area contributed by atoms with Gasteiger partial charge in [-0.1, -0.05) is 24.3 Å². The number of halogens is 3. The summed E-state index contributed by atoms with van der Waals surface area (Å²) in [5.41, 5.74) is -0.436. The van der Waals surface area contributed by atoms with Crippen molar-refractivity contribution in [3.8, 4) is 10.6 Å². The van der Waals surface area contributed by atoms with Gasteiger partial charge in [-0.25, -0.2) is 0 Å². The molecule has 1 aromatic carbocycles. The molecule has 3 aromatic rings. The maximum Gasteiger partial charge on any atom is 0.420 e. The van der Waals surface area contributed by atoms with Crippen LogP contribution in [0.3, 0.4) is 0 Å². The molecule has 0 aliphatic heterocycles. The highest BCUT2D eigenvalue weighted by atomic mass is 32.1. The average Bonchev–Trinajstić information content (AvgIpc) is 2.94. The number of hydrogen-bond donors (Lipinski definition) is 0. The standard InChI is InChI=1S/C13H7F3OS/c14-13(15,16)11-8-4-1-2-5-9(8)17-12(11)10-6-3-7-18-10/h1-7H. The largest absolute Gasteiger partial charge is 0.455 e. The van der Waals surface area contributed by atoms with E-state index < -0.39 is 11.7 Å². The van der Waals surface area contributed by atoms with Gasteiger partial charge in [0.1, 0.15) is 11.1 Å². The zero-order valence-electron chi connectivity index (χ0n) is 8.99. The third-order valence-corrected chi connectivity index (χ3v) is 3.49. The lowest BCUT2D eigenvalue weighted by Crippen LogP contribution is -2.05. The van der Waals surface area contributed by atoms with Crippen LogP contribution in [0, 0.1) is 0 Å². The van der Waals surface area contributed by atoms with E-state index in [0.717, 1.165) is 0 Å². The molecule has 0 spiro atoms. The fraction of sp³-hybridized carbons (Fsp3) is 0.0769. The molecule has 18 heavy (non-hydrogen) atoms. The molecular weight excluding hydrogens is 261 g/mol. The van der Waals surface area contributed by atoms with Crippen LogP contribution in [-0.4, -0.2) is 0 Å². The zero-order chi connectivity index (χ0) is 12.8. The number of fused-ring (bicyclic) bond motifs is 1. The molecule has 0 saturated carbocycles. The molecule has 2 aromatic heterocycles. The van der Waals surface area contributed by atoms with Gasteiger partial charge in [0, 0.05) is 5.39 Å². The first-order valence-corrected chi connectivity index (χ1v) is 6.08. The lowest BCUT2D eigenvalue weighted by atomic mass is 10.1. The smallest absolute Gasteiger partial charge is 0.420 e. The molecule has 0 fully saturated rings. The van der Waals surface area contributed by atoms with Gasteiger partial charge < -0.3 is 4.42 Å². The second-order valence-electron chi connectivity index (χ2n) is 3.78. The number of rotatable bonds is 1. The third-order valence-electron chi connectivity index (χ3n) is 2.62. The summed E-state index contributed by atoms with van der Waals surface area (Å²) >= 11 is 1.23. The minimum absolute atomic E-state index is 0.0984. The summed E-state index contributed by atoms with van der Waals surface area (Å²) in [7, 11) is 0. The Hall–Kier alpha value is -1.75. The summed E-state index contributed by atoms with van der Waals surface area (Å²) in [4.78, 5) is 0.485. The van der Waals surface area contributed by atoms with Gasteiger partial charge in [-0.05, 0) is 17.5 Å². The Kier molecular flexibility index (Phi) is 2.45. The molecule has 0 aliphatic rings. The van der Waals surface area contributed by atoms with E-state index in [4.69, 9.17) is 4.42 Å². The van der Waals surface area contributed by atoms with Crippen LogP contribution < -0.4 is 0 Å². The van der Waals surface area contributed by atoms with Crippen molar-refractivity contribution in [2.75, 3.05) is 0 Å². The highest BCUT2D eigenvalue weighted by Gasteiger charge is 2.39. The molecule has 2 heterocycles. The van der Waals surface area contributed by atoms with Crippen molar-refractivity contribution in [2.24, 2.45) is 0 Å². The summed E-state index contributed by atoms with van der Waals surface area (Å²) in [6, 6.07) is 9.53. The van der Waals surface area contributed by atoms with Gasteiger partial charge in [0.15, 0.2) is 5.76 Å². The van der Waals surface area contributed by atoms with E-state index in [1.165, 1.54) is 17.4 Å². The molecule has 0 N–H and O–H groups in total. The van der Waals surface area contributed by atoms with Crippen molar-refractivity contribution in [1.29, 1.82) is 0 Å². The predicted octanol–water partition coefficient (Wildman–Crippen LogP) is 5.18. The van der Waals surface area contributed by atoms with Crippen LogP contribution in [-0.2, 0) is 6.18 Å². The number of alkyl halides is 3. The summed E-state index contributed by atoms with van der Waals surface area (Å²) < 4.78 is 44.8. The van der Waals surface area contributed by atoms with E-state index in [1.54, 1.807) is 35.7 Å². The Labute approximate surface area is 104 Å². The molecule has 5 heteroatoms. The first kappa shape index (κ1) is 11.3. The minimum Gasteiger partial charge on any atom is -0.455 e. The van der Waals surface area contributed by atoms with E-state index in [1.807, 2.05) is 0 Å². The molecule has 0 aliphatic carbocycles. The molecule has 0 saturated heterocycles. The molecule has 0 radical (unpaired) electrons. The lowest BCUT2D eigenvalue weighted by Gasteiger charge is -2.05. The van der Waals surface area contributed by atoms with Gasteiger partial charge >= 0.3 is 6.18 Å². The number of hydrogen-bond acceptors (Lipinski definition) is 2. The van der Waals surface area contributed by atoms with Gasteiger partial charge in [0.05, 0.1) is 4.88 Å². The topological polar surface area (TPSA) is 13.1 Å². The molecule has 0 atom stereocenters. The molecular formula is C13H7F3OS. The molecule has 0 bridgehead atoms. The summed E-state index contributed by atoms with van der Waals surface area (Å²) in [5, 5.41) is 1.83. The molecule has 92 valence electrons. The van der Waals surface area contributed by atoms with Crippen LogP contribution >= 0.6 is 11.3 Å². The Morgan fingerprint density at radius 3 is 2.44 bits per heavy atom. The number of para-hydroxylation sites is 1. The monoisotopic (exact) mass is 268 g/mol. The summed E-state index contributed by atoms with van der Waals surface area (Å²) in [6.45, 7) is 0. The van der Waals surface area contributed by atoms with Gasteiger partial charge in [0.2, 0.25) is 0 Å². The first-order valence-electron chi connectivity index (χ1n) is 5.20. The summed E-state index contributed by atoms with van der Waals surface area (Å²) in [6.07, 6.45) is -4.42. The lowest BCUT2D eigenvalue weighted by molar-refractivity contribution is -0.136. The van der Waals surface area contributed by atoms with Gasteiger partial charge in [0.25, 0.3) is 0 Å². The Morgan fingerprint density at radius 2 is 1.78 bits per heavy atom. The van der Waals surface area contributed by atoms with Crippen LogP contribution in [0.2, 0.25) is 0 Å². The predicted molar refractivity (Wildman–Crippen MR) is 64.5 cm³/mol. The van der Waals surface area contributed by atoms with Crippen LogP contribution in [0.4, 0.5) is 13.2 Å². The molecule has 0 amide bonds. The van der Waals surface area contributed by atoms with Crippen molar-refractivity contribution in [3.05, 3.63) is 47.3 Å². The molecule has 0 unspecified atom stereocenters. The van der Waals surface area contributed by atoms with Gasteiger partial charge in [-0.3, -0.25) is 0 Å². The molecule has 1 nitrogen and oxygen atoms in total. The highest BCUT2D eigenvalue weighted by molar-refractivity contribution is 7.13. The van der Waals surface area contributed by atoms with Crippen molar-refractivity contribution < 1.29 is 17.6 Å². The van der Waals surface area contributed by atoms with Gasteiger partial charge in [-0.2, -0.15) is 13.2 Å². The quantitative estimate of drug-likeness (QED) is 0.592. The van der Waals surface area contributed by atoms with Crippen molar-refractivity contribution >= 4 is 22.3 Å². The van der Waals surface area contributed by atoms with Crippen molar-refractivity contribution in [1.82, 2.24) is 0 Å². The highest BCUT2D eigenvalue weighted by Crippen LogP contribution is 2.44. The van der Waals surface area contributed by atoms with Crippen LogP contribution in [0.5, 0.6) is 0 Å².